The third kappa shape index (κ3) is 5.79. The number of morpholine rings is 1. The number of carbonyl (C=O) groups is 2. The number of para-hydroxylation sites is 1. The third-order valence-electron chi connectivity index (χ3n) is 5.26. The van der Waals surface area contributed by atoms with E-state index in [1.165, 1.54) is 0 Å². The van der Waals surface area contributed by atoms with Crippen molar-refractivity contribution in [2.75, 3.05) is 26.3 Å². The summed E-state index contributed by atoms with van der Waals surface area (Å²) in [6.07, 6.45) is 1.73. The second-order valence-electron chi connectivity index (χ2n) is 9.18. The van der Waals surface area contributed by atoms with Gasteiger partial charge < -0.3 is 20.3 Å². The summed E-state index contributed by atoms with van der Waals surface area (Å²) >= 11 is 0. The normalized spacial score (nSPS) is 14.0. The zero-order valence-corrected chi connectivity index (χ0v) is 19.7. The van der Waals surface area contributed by atoms with Crippen LogP contribution >= 0.6 is 0 Å². The van der Waals surface area contributed by atoms with Crippen LogP contribution in [0.15, 0.2) is 54.7 Å². The molecule has 2 N–H and O–H groups in total. The molecule has 0 atom stereocenters. The fourth-order valence-electron chi connectivity index (χ4n) is 3.58. The molecule has 2 aromatic heterocycles. The van der Waals surface area contributed by atoms with Gasteiger partial charge in [-0.15, -0.1) is 0 Å². The summed E-state index contributed by atoms with van der Waals surface area (Å²) in [5, 5.41) is 10.4. The van der Waals surface area contributed by atoms with E-state index in [0.29, 0.717) is 49.9 Å². The lowest BCUT2D eigenvalue weighted by atomic mass is 10.1. The monoisotopic (exact) mass is 462 g/mol. The van der Waals surface area contributed by atoms with Crippen molar-refractivity contribution in [3.63, 3.8) is 0 Å². The molecule has 3 amide bonds. The van der Waals surface area contributed by atoms with Crippen LogP contribution in [-0.4, -0.2) is 63.4 Å². The Morgan fingerprint density at radius 2 is 1.79 bits per heavy atom. The second kappa shape index (κ2) is 10.0. The molecule has 1 saturated heterocycles. The summed E-state index contributed by atoms with van der Waals surface area (Å²) in [5.74, 6) is -0.245. The first-order valence-electron chi connectivity index (χ1n) is 11.3. The Morgan fingerprint density at radius 3 is 2.44 bits per heavy atom. The molecule has 1 aliphatic rings. The van der Waals surface area contributed by atoms with Gasteiger partial charge in [-0.05, 0) is 50.6 Å². The molecule has 4 rings (SSSR count). The van der Waals surface area contributed by atoms with E-state index in [0.717, 1.165) is 11.3 Å². The molecule has 0 bridgehead atoms. The lowest BCUT2D eigenvalue weighted by molar-refractivity contribution is 0.0531. The number of nitrogens with zero attached hydrogens (tertiary/aromatic N) is 4. The summed E-state index contributed by atoms with van der Waals surface area (Å²) in [4.78, 5) is 31.4. The van der Waals surface area contributed by atoms with Crippen LogP contribution in [0.4, 0.5) is 4.79 Å². The topological polar surface area (TPSA) is 101 Å². The van der Waals surface area contributed by atoms with Crippen molar-refractivity contribution in [3.8, 4) is 17.1 Å². The highest BCUT2D eigenvalue weighted by atomic mass is 16.5. The summed E-state index contributed by atoms with van der Waals surface area (Å²) < 4.78 is 7.01. The molecular weight excluding hydrogens is 432 g/mol. The fraction of sp³-hybridized carbons (Fsp3) is 0.360. The van der Waals surface area contributed by atoms with Gasteiger partial charge in [0.1, 0.15) is 0 Å². The molecular formula is C25H30N6O3. The highest BCUT2D eigenvalue weighted by Gasteiger charge is 2.21. The van der Waals surface area contributed by atoms with Gasteiger partial charge >= 0.3 is 6.03 Å². The van der Waals surface area contributed by atoms with Crippen LogP contribution in [-0.2, 0) is 11.3 Å². The SMILES string of the molecule is CC(C)(C)NC(=O)c1cc(-c2ccc(CNC(=O)N3CCOCC3)cn2)n(-c2ccccc2)n1. The van der Waals surface area contributed by atoms with Crippen molar-refractivity contribution in [1.82, 2.24) is 30.3 Å². The van der Waals surface area contributed by atoms with Gasteiger partial charge in [-0.25, -0.2) is 9.48 Å². The van der Waals surface area contributed by atoms with E-state index in [9.17, 15) is 9.59 Å². The lowest BCUT2D eigenvalue weighted by Crippen LogP contribution is -2.45. The summed E-state index contributed by atoms with van der Waals surface area (Å²) in [7, 11) is 0. The van der Waals surface area contributed by atoms with Crippen molar-refractivity contribution in [1.29, 1.82) is 0 Å². The molecule has 0 radical (unpaired) electrons. The number of pyridine rings is 1. The number of aromatic nitrogens is 3. The van der Waals surface area contributed by atoms with Crippen molar-refractivity contribution in [3.05, 3.63) is 66.0 Å². The van der Waals surface area contributed by atoms with E-state index >= 15 is 0 Å². The van der Waals surface area contributed by atoms with Gasteiger partial charge in [-0.3, -0.25) is 9.78 Å². The summed E-state index contributed by atoms with van der Waals surface area (Å²) in [5.41, 5.74) is 3.03. The van der Waals surface area contributed by atoms with Crippen molar-refractivity contribution in [2.24, 2.45) is 0 Å². The van der Waals surface area contributed by atoms with Gasteiger partial charge in [0.25, 0.3) is 5.91 Å². The molecule has 34 heavy (non-hydrogen) atoms. The minimum Gasteiger partial charge on any atom is -0.378 e. The fourth-order valence-corrected chi connectivity index (χ4v) is 3.58. The Labute approximate surface area is 199 Å². The Kier molecular flexibility index (Phi) is 6.93. The van der Waals surface area contributed by atoms with E-state index in [-0.39, 0.29) is 17.5 Å². The van der Waals surface area contributed by atoms with Crippen LogP contribution in [0.1, 0.15) is 36.8 Å². The van der Waals surface area contributed by atoms with Gasteiger partial charge in [0.15, 0.2) is 5.69 Å². The van der Waals surface area contributed by atoms with Gasteiger partial charge in [-0.1, -0.05) is 24.3 Å². The Hall–Kier alpha value is -3.72. The maximum Gasteiger partial charge on any atom is 0.317 e. The number of carbonyl (C=O) groups excluding carboxylic acids is 2. The standard InChI is InChI=1S/C25H30N6O3/c1-25(2,3)28-23(32)21-15-22(31(29-21)19-7-5-4-6-8-19)20-10-9-18(16-26-20)17-27-24(33)30-11-13-34-14-12-30/h4-10,15-16H,11-14,17H2,1-3H3,(H,27,33)(H,28,32). The maximum atomic E-state index is 12.8. The zero-order valence-electron chi connectivity index (χ0n) is 19.7. The van der Waals surface area contributed by atoms with Crippen molar-refractivity contribution >= 4 is 11.9 Å². The van der Waals surface area contributed by atoms with Crippen molar-refractivity contribution in [2.45, 2.75) is 32.9 Å². The predicted molar refractivity (Wildman–Crippen MR) is 129 cm³/mol. The number of hydrogen-bond acceptors (Lipinski definition) is 5. The molecule has 1 aromatic carbocycles. The molecule has 0 saturated carbocycles. The lowest BCUT2D eigenvalue weighted by Gasteiger charge is -2.26. The van der Waals surface area contributed by atoms with E-state index in [2.05, 4.69) is 20.7 Å². The highest BCUT2D eigenvalue weighted by molar-refractivity contribution is 5.94. The van der Waals surface area contributed by atoms with Crippen molar-refractivity contribution < 1.29 is 14.3 Å². The number of urea groups is 1. The number of amides is 3. The molecule has 9 nitrogen and oxygen atoms in total. The van der Waals surface area contributed by atoms with E-state index in [1.807, 2.05) is 63.2 Å². The van der Waals surface area contributed by atoms with Gasteiger partial charge in [-0.2, -0.15) is 5.10 Å². The largest absolute Gasteiger partial charge is 0.378 e. The van der Waals surface area contributed by atoms with Crippen LogP contribution < -0.4 is 10.6 Å². The smallest absolute Gasteiger partial charge is 0.317 e. The molecule has 9 heteroatoms. The number of ether oxygens (including phenoxy) is 1. The van der Waals surface area contributed by atoms with E-state index in [1.54, 1.807) is 21.8 Å². The van der Waals surface area contributed by atoms with E-state index in [4.69, 9.17) is 4.74 Å². The van der Waals surface area contributed by atoms with Crippen LogP contribution in [0, 0.1) is 0 Å². The average Bonchev–Trinajstić information content (AvgIpc) is 3.29. The van der Waals surface area contributed by atoms with Crippen LogP contribution in [0.2, 0.25) is 0 Å². The van der Waals surface area contributed by atoms with E-state index < -0.39 is 0 Å². The molecule has 1 aliphatic heterocycles. The quantitative estimate of drug-likeness (QED) is 0.607. The highest BCUT2D eigenvalue weighted by Crippen LogP contribution is 2.23. The minimum absolute atomic E-state index is 0.107. The van der Waals surface area contributed by atoms with Gasteiger partial charge in [0.05, 0.1) is 30.3 Å². The molecule has 0 unspecified atom stereocenters. The molecule has 0 aliphatic carbocycles. The van der Waals surface area contributed by atoms with Crippen LogP contribution in [0.25, 0.3) is 17.1 Å². The zero-order chi connectivity index (χ0) is 24.1. The number of nitrogens with one attached hydrogen (secondary N) is 2. The number of rotatable bonds is 5. The molecule has 1 fully saturated rings. The predicted octanol–water partition coefficient (Wildman–Crippen LogP) is 3.00. The molecule has 178 valence electrons. The average molecular weight is 463 g/mol. The second-order valence-corrected chi connectivity index (χ2v) is 9.18. The Balaban J connectivity index is 1.54. The Bertz CT molecular complexity index is 1130. The minimum atomic E-state index is -0.376. The van der Waals surface area contributed by atoms with Gasteiger partial charge in [0, 0.05) is 31.4 Å². The van der Waals surface area contributed by atoms with Crippen LogP contribution in [0.5, 0.6) is 0 Å². The summed E-state index contributed by atoms with van der Waals surface area (Å²) in [6.45, 7) is 8.48. The first-order chi connectivity index (χ1) is 16.3. The molecule has 3 aromatic rings. The molecule has 3 heterocycles. The number of benzene rings is 1. The number of hydrogen-bond donors (Lipinski definition) is 2. The maximum absolute atomic E-state index is 12.8. The third-order valence-corrected chi connectivity index (χ3v) is 5.26. The Morgan fingerprint density at radius 1 is 1.06 bits per heavy atom. The van der Waals surface area contributed by atoms with Crippen LogP contribution in [0.3, 0.4) is 0 Å². The first-order valence-corrected chi connectivity index (χ1v) is 11.3. The van der Waals surface area contributed by atoms with Gasteiger partial charge in [0.2, 0.25) is 0 Å². The molecule has 0 spiro atoms. The summed E-state index contributed by atoms with van der Waals surface area (Å²) in [6, 6.07) is 15.1. The first kappa shape index (κ1) is 23.4.